The lowest BCUT2D eigenvalue weighted by Crippen LogP contribution is -2.28. The summed E-state index contributed by atoms with van der Waals surface area (Å²) in [5, 5.41) is 15.0. The fourth-order valence-corrected chi connectivity index (χ4v) is 4.45. The molecule has 2 aromatic carbocycles. The van der Waals surface area contributed by atoms with Gasteiger partial charge in [-0.3, -0.25) is 9.59 Å². The van der Waals surface area contributed by atoms with Gasteiger partial charge < -0.3 is 15.2 Å². The standard InChI is InChI=1S/C23H24IN5O2S/c1-4-12-29-21(16(3)25-22(31)17-8-6-5-7-9-17)27-28-23(29)32-14-20(30)26-19-11-10-18(24)13-15(19)2/h4-11,13,16H,1,12,14H2,2-3H3,(H,25,31)(H,26,30)/t16-/m1/s1. The molecule has 9 heteroatoms. The predicted octanol–water partition coefficient (Wildman–Crippen LogP) is 4.60. The molecule has 0 saturated carbocycles. The summed E-state index contributed by atoms with van der Waals surface area (Å²) in [6.07, 6.45) is 1.73. The van der Waals surface area contributed by atoms with E-state index in [9.17, 15) is 9.59 Å². The number of allylic oxidation sites excluding steroid dienone is 1. The molecule has 32 heavy (non-hydrogen) atoms. The topological polar surface area (TPSA) is 88.9 Å². The highest BCUT2D eigenvalue weighted by molar-refractivity contribution is 14.1. The molecule has 0 saturated heterocycles. The smallest absolute Gasteiger partial charge is 0.251 e. The van der Waals surface area contributed by atoms with Crippen molar-refractivity contribution in [3.05, 3.63) is 81.7 Å². The van der Waals surface area contributed by atoms with Crippen LogP contribution in [0.25, 0.3) is 0 Å². The summed E-state index contributed by atoms with van der Waals surface area (Å²) in [4.78, 5) is 25.0. The molecular weight excluding hydrogens is 537 g/mol. The van der Waals surface area contributed by atoms with Crippen molar-refractivity contribution in [2.75, 3.05) is 11.1 Å². The number of hydrogen-bond acceptors (Lipinski definition) is 5. The van der Waals surface area contributed by atoms with E-state index in [-0.39, 0.29) is 23.6 Å². The Morgan fingerprint density at radius 1 is 1.22 bits per heavy atom. The summed E-state index contributed by atoms with van der Waals surface area (Å²) in [6, 6.07) is 14.5. The molecule has 166 valence electrons. The summed E-state index contributed by atoms with van der Waals surface area (Å²) in [6.45, 7) is 8.08. The second kappa shape index (κ2) is 11.3. The highest BCUT2D eigenvalue weighted by Crippen LogP contribution is 2.22. The maximum absolute atomic E-state index is 12.5. The summed E-state index contributed by atoms with van der Waals surface area (Å²) in [5.74, 6) is 0.476. The molecular formula is C23H24IN5O2S. The van der Waals surface area contributed by atoms with Crippen LogP contribution in [-0.2, 0) is 11.3 Å². The van der Waals surface area contributed by atoms with Gasteiger partial charge in [-0.25, -0.2) is 0 Å². The zero-order valence-corrected chi connectivity index (χ0v) is 20.8. The van der Waals surface area contributed by atoms with Crippen molar-refractivity contribution in [1.29, 1.82) is 0 Å². The average molecular weight is 561 g/mol. The Morgan fingerprint density at radius 2 is 1.97 bits per heavy atom. The van der Waals surface area contributed by atoms with Crippen LogP contribution in [0, 0.1) is 10.5 Å². The Hall–Kier alpha value is -2.66. The van der Waals surface area contributed by atoms with Crippen molar-refractivity contribution in [3.8, 4) is 0 Å². The number of nitrogens with zero attached hydrogens (tertiary/aromatic N) is 3. The first-order valence-corrected chi connectivity index (χ1v) is 12.0. The number of aromatic nitrogens is 3. The molecule has 1 heterocycles. The summed E-state index contributed by atoms with van der Waals surface area (Å²) < 4.78 is 2.97. The van der Waals surface area contributed by atoms with Crippen LogP contribution in [0.4, 0.5) is 5.69 Å². The quantitative estimate of drug-likeness (QED) is 0.227. The number of thioether (sulfide) groups is 1. The van der Waals surface area contributed by atoms with Crippen LogP contribution in [0.5, 0.6) is 0 Å². The minimum atomic E-state index is -0.368. The van der Waals surface area contributed by atoms with E-state index >= 15 is 0 Å². The van der Waals surface area contributed by atoms with Gasteiger partial charge in [0.2, 0.25) is 5.91 Å². The van der Waals surface area contributed by atoms with Crippen LogP contribution >= 0.6 is 34.4 Å². The molecule has 0 radical (unpaired) electrons. The van der Waals surface area contributed by atoms with Crippen LogP contribution in [0.3, 0.4) is 0 Å². The molecule has 0 spiro atoms. The zero-order valence-electron chi connectivity index (χ0n) is 17.8. The van der Waals surface area contributed by atoms with Gasteiger partial charge in [0.25, 0.3) is 5.91 Å². The monoisotopic (exact) mass is 561 g/mol. The Kier molecular flexibility index (Phi) is 8.46. The van der Waals surface area contributed by atoms with Crippen LogP contribution in [-0.4, -0.2) is 32.3 Å². The molecule has 0 fully saturated rings. The largest absolute Gasteiger partial charge is 0.342 e. The molecule has 1 atom stereocenters. The lowest BCUT2D eigenvalue weighted by molar-refractivity contribution is -0.113. The third-order valence-electron chi connectivity index (χ3n) is 4.62. The van der Waals surface area contributed by atoms with Gasteiger partial charge in [0.1, 0.15) is 0 Å². The van der Waals surface area contributed by atoms with Gasteiger partial charge in [-0.2, -0.15) is 0 Å². The van der Waals surface area contributed by atoms with E-state index in [1.165, 1.54) is 11.8 Å². The molecule has 1 aromatic heterocycles. The first kappa shape index (κ1) is 24.0. The summed E-state index contributed by atoms with van der Waals surface area (Å²) >= 11 is 3.53. The number of nitrogens with one attached hydrogen (secondary N) is 2. The third kappa shape index (κ3) is 6.19. The highest BCUT2D eigenvalue weighted by atomic mass is 127. The van der Waals surface area contributed by atoms with E-state index in [4.69, 9.17) is 0 Å². The van der Waals surface area contributed by atoms with Crippen molar-refractivity contribution in [2.24, 2.45) is 0 Å². The zero-order chi connectivity index (χ0) is 23.1. The van der Waals surface area contributed by atoms with E-state index in [1.54, 1.807) is 18.2 Å². The SMILES string of the molecule is C=CCn1c(SCC(=O)Nc2ccc(I)cc2C)nnc1[C@@H](C)NC(=O)c1ccccc1. The summed E-state index contributed by atoms with van der Waals surface area (Å²) in [7, 11) is 0. The minimum absolute atomic E-state index is 0.126. The maximum Gasteiger partial charge on any atom is 0.251 e. The number of carbonyl (C=O) groups excluding carboxylic acids is 2. The van der Waals surface area contributed by atoms with Gasteiger partial charge in [0.05, 0.1) is 11.8 Å². The molecule has 0 bridgehead atoms. The van der Waals surface area contributed by atoms with Gasteiger partial charge >= 0.3 is 0 Å². The Labute approximate surface area is 205 Å². The van der Waals surface area contributed by atoms with Gasteiger partial charge in [0.15, 0.2) is 11.0 Å². The molecule has 2 amide bonds. The van der Waals surface area contributed by atoms with Crippen molar-refractivity contribution in [1.82, 2.24) is 20.1 Å². The normalized spacial score (nSPS) is 11.6. The second-order valence-electron chi connectivity index (χ2n) is 7.10. The highest BCUT2D eigenvalue weighted by Gasteiger charge is 2.20. The van der Waals surface area contributed by atoms with Crippen molar-refractivity contribution < 1.29 is 9.59 Å². The molecule has 0 aliphatic rings. The Bertz CT molecular complexity index is 1120. The molecule has 7 nitrogen and oxygen atoms in total. The number of benzene rings is 2. The van der Waals surface area contributed by atoms with Crippen LogP contribution < -0.4 is 10.6 Å². The van der Waals surface area contributed by atoms with E-state index in [0.29, 0.717) is 23.1 Å². The van der Waals surface area contributed by atoms with Crippen LogP contribution in [0.2, 0.25) is 0 Å². The number of amides is 2. The number of carbonyl (C=O) groups is 2. The van der Waals surface area contributed by atoms with E-state index in [0.717, 1.165) is 14.8 Å². The van der Waals surface area contributed by atoms with Crippen molar-refractivity contribution in [3.63, 3.8) is 0 Å². The predicted molar refractivity (Wildman–Crippen MR) is 136 cm³/mol. The van der Waals surface area contributed by atoms with Crippen LogP contribution in [0.1, 0.15) is 34.7 Å². The lowest BCUT2D eigenvalue weighted by Gasteiger charge is -2.15. The first-order valence-electron chi connectivity index (χ1n) is 9.97. The summed E-state index contributed by atoms with van der Waals surface area (Å²) in [5.41, 5.74) is 2.38. The van der Waals surface area contributed by atoms with Crippen molar-refractivity contribution >= 4 is 51.9 Å². The minimum Gasteiger partial charge on any atom is -0.342 e. The van der Waals surface area contributed by atoms with Crippen LogP contribution in [0.15, 0.2) is 66.3 Å². The number of rotatable bonds is 9. The fourth-order valence-electron chi connectivity index (χ4n) is 3.05. The number of halogens is 1. The average Bonchev–Trinajstić information content (AvgIpc) is 3.18. The number of hydrogen-bond donors (Lipinski definition) is 2. The maximum atomic E-state index is 12.5. The second-order valence-corrected chi connectivity index (χ2v) is 9.29. The fraction of sp³-hybridized carbons (Fsp3) is 0.217. The van der Waals surface area contributed by atoms with Crippen molar-refractivity contribution in [2.45, 2.75) is 31.6 Å². The van der Waals surface area contributed by atoms with E-state index in [1.807, 2.05) is 54.8 Å². The molecule has 0 aliphatic carbocycles. The molecule has 3 aromatic rings. The molecule has 3 rings (SSSR count). The molecule has 0 unspecified atom stereocenters. The third-order valence-corrected chi connectivity index (χ3v) is 6.26. The van der Waals surface area contributed by atoms with Gasteiger partial charge in [-0.05, 0) is 72.3 Å². The van der Waals surface area contributed by atoms with E-state index < -0.39 is 0 Å². The van der Waals surface area contributed by atoms with Gasteiger partial charge in [-0.15, -0.1) is 16.8 Å². The number of anilines is 1. The number of aryl methyl sites for hydroxylation is 1. The molecule has 2 N–H and O–H groups in total. The van der Waals surface area contributed by atoms with Gasteiger partial charge in [-0.1, -0.05) is 36.0 Å². The Balaban J connectivity index is 1.66. The lowest BCUT2D eigenvalue weighted by atomic mass is 10.2. The first-order chi connectivity index (χ1) is 15.4. The van der Waals surface area contributed by atoms with Gasteiger partial charge in [0, 0.05) is 21.4 Å². The molecule has 0 aliphatic heterocycles. The Morgan fingerprint density at radius 3 is 2.66 bits per heavy atom. The van der Waals surface area contributed by atoms with E-state index in [2.05, 4.69) is 50.0 Å².